The summed E-state index contributed by atoms with van der Waals surface area (Å²) < 4.78 is 0. The Bertz CT molecular complexity index is 950. The molecule has 6 heteroatoms. The van der Waals surface area contributed by atoms with Crippen molar-refractivity contribution in [2.75, 3.05) is 6.61 Å². The zero-order valence-corrected chi connectivity index (χ0v) is 15.2. The Morgan fingerprint density at radius 2 is 2.07 bits per heavy atom. The molecule has 1 aliphatic carbocycles. The lowest BCUT2D eigenvalue weighted by Crippen LogP contribution is -2.40. The molecule has 1 aromatic carbocycles. The van der Waals surface area contributed by atoms with Crippen molar-refractivity contribution in [1.82, 2.24) is 15.2 Å². The maximum absolute atomic E-state index is 9.44. The molecule has 3 heterocycles. The summed E-state index contributed by atoms with van der Waals surface area (Å²) in [5.41, 5.74) is 9.07. The van der Waals surface area contributed by atoms with Crippen molar-refractivity contribution in [3.8, 4) is 0 Å². The van der Waals surface area contributed by atoms with Crippen LogP contribution < -0.4 is 11.1 Å². The van der Waals surface area contributed by atoms with E-state index in [0.717, 1.165) is 53.7 Å². The molecular formula is C21H25N5O. The van der Waals surface area contributed by atoms with Crippen LogP contribution in [0.2, 0.25) is 0 Å². The van der Waals surface area contributed by atoms with Gasteiger partial charge in [0, 0.05) is 48.4 Å². The first kappa shape index (κ1) is 16.6. The summed E-state index contributed by atoms with van der Waals surface area (Å²) in [5, 5.41) is 13.8. The molecule has 5 rings (SSSR count). The van der Waals surface area contributed by atoms with E-state index in [9.17, 15) is 5.11 Å². The predicted molar refractivity (Wildman–Crippen MR) is 106 cm³/mol. The predicted octanol–water partition coefficient (Wildman–Crippen LogP) is 2.71. The molecule has 0 saturated heterocycles. The van der Waals surface area contributed by atoms with Crippen LogP contribution in [0.25, 0.3) is 10.9 Å². The van der Waals surface area contributed by atoms with Crippen molar-refractivity contribution in [2.24, 2.45) is 22.6 Å². The number of aromatic nitrogens is 1. The summed E-state index contributed by atoms with van der Waals surface area (Å²) in [6.07, 6.45) is 12.0. The summed E-state index contributed by atoms with van der Waals surface area (Å²) >= 11 is 0. The lowest BCUT2D eigenvalue weighted by atomic mass is 9.81. The monoisotopic (exact) mass is 363 g/mol. The van der Waals surface area contributed by atoms with Crippen LogP contribution in [0.15, 0.2) is 59.8 Å². The lowest BCUT2D eigenvalue weighted by molar-refractivity contribution is 0.179. The van der Waals surface area contributed by atoms with Crippen LogP contribution in [0.1, 0.15) is 31.2 Å². The van der Waals surface area contributed by atoms with Crippen molar-refractivity contribution in [3.05, 3.63) is 60.3 Å². The van der Waals surface area contributed by atoms with Crippen LogP contribution in [0, 0.1) is 11.8 Å². The van der Waals surface area contributed by atoms with Crippen LogP contribution in [-0.2, 0) is 5.66 Å². The number of aromatic amines is 1. The molecule has 6 nitrogen and oxygen atoms in total. The van der Waals surface area contributed by atoms with Gasteiger partial charge in [-0.1, -0.05) is 6.07 Å². The molecule has 1 atom stereocenters. The summed E-state index contributed by atoms with van der Waals surface area (Å²) in [6, 6.07) is 8.31. The van der Waals surface area contributed by atoms with Gasteiger partial charge in [0.1, 0.15) is 5.84 Å². The van der Waals surface area contributed by atoms with Gasteiger partial charge in [-0.3, -0.25) is 5.73 Å². The standard InChI is InChI=1S/C21H25N5O/c22-21(17-5-6-18-16(11-17)7-8-24-18)19-12-23-9-10-26(19)20(25-21)15-3-1-14(13-27)2-4-15/h5-12,14-15,23-24,27H,1-4,13,22H2/t14-,15-,21-/m0/s1. The number of rotatable bonds is 3. The van der Waals surface area contributed by atoms with Gasteiger partial charge in [0.15, 0.2) is 5.66 Å². The minimum absolute atomic E-state index is 0.287. The highest BCUT2D eigenvalue weighted by atomic mass is 16.3. The highest BCUT2D eigenvalue weighted by molar-refractivity contribution is 5.91. The van der Waals surface area contributed by atoms with Crippen LogP contribution in [0.3, 0.4) is 0 Å². The minimum Gasteiger partial charge on any atom is -0.396 e. The van der Waals surface area contributed by atoms with E-state index < -0.39 is 5.66 Å². The molecule has 0 spiro atoms. The van der Waals surface area contributed by atoms with Crippen molar-refractivity contribution in [1.29, 1.82) is 0 Å². The zero-order valence-electron chi connectivity index (χ0n) is 15.2. The average molecular weight is 363 g/mol. The molecule has 3 aliphatic rings. The number of hydrogen-bond acceptors (Lipinski definition) is 5. The van der Waals surface area contributed by atoms with Crippen molar-refractivity contribution in [3.63, 3.8) is 0 Å². The summed E-state index contributed by atoms with van der Waals surface area (Å²) in [7, 11) is 0. The summed E-state index contributed by atoms with van der Waals surface area (Å²) in [5.74, 6) is 1.85. The molecule has 0 amide bonds. The number of amidine groups is 1. The van der Waals surface area contributed by atoms with E-state index in [0.29, 0.717) is 11.8 Å². The molecule has 1 saturated carbocycles. The number of aliphatic hydroxyl groups is 1. The Balaban J connectivity index is 1.54. The molecule has 5 N–H and O–H groups in total. The smallest absolute Gasteiger partial charge is 0.178 e. The molecule has 1 aromatic heterocycles. The SMILES string of the molecule is N[C@@]1(c2ccc3[nH]ccc3c2)N=C([C@H]2CC[C@H](CO)CC2)N2C=CNC=C21. The molecule has 0 bridgehead atoms. The first-order valence-electron chi connectivity index (χ1n) is 9.69. The number of benzene rings is 1. The fourth-order valence-electron chi connectivity index (χ4n) is 4.57. The highest BCUT2D eigenvalue weighted by Gasteiger charge is 2.45. The third kappa shape index (κ3) is 2.59. The second-order valence-corrected chi connectivity index (χ2v) is 7.80. The fourth-order valence-corrected chi connectivity index (χ4v) is 4.57. The van der Waals surface area contributed by atoms with Gasteiger partial charge >= 0.3 is 0 Å². The Morgan fingerprint density at radius 3 is 2.89 bits per heavy atom. The molecule has 2 aliphatic heterocycles. The largest absolute Gasteiger partial charge is 0.396 e. The Kier molecular flexibility index (Phi) is 3.84. The third-order valence-electron chi connectivity index (χ3n) is 6.19. The van der Waals surface area contributed by atoms with Crippen molar-refractivity contribution < 1.29 is 5.11 Å². The number of fused-ring (bicyclic) bond motifs is 2. The quantitative estimate of drug-likeness (QED) is 0.675. The highest BCUT2D eigenvalue weighted by Crippen LogP contribution is 2.42. The van der Waals surface area contributed by atoms with Crippen LogP contribution >= 0.6 is 0 Å². The van der Waals surface area contributed by atoms with E-state index in [-0.39, 0.29) is 6.61 Å². The van der Waals surface area contributed by atoms with Gasteiger partial charge < -0.3 is 20.3 Å². The number of nitrogens with one attached hydrogen (secondary N) is 2. The fraction of sp³-hybridized carbons (Fsp3) is 0.381. The molecule has 2 aromatic rings. The Morgan fingerprint density at radius 1 is 1.22 bits per heavy atom. The third-order valence-corrected chi connectivity index (χ3v) is 6.19. The van der Waals surface area contributed by atoms with Gasteiger partial charge in [-0.05, 0) is 55.2 Å². The topological polar surface area (TPSA) is 89.7 Å². The van der Waals surface area contributed by atoms with Gasteiger partial charge in [0.05, 0.1) is 5.70 Å². The van der Waals surface area contributed by atoms with E-state index >= 15 is 0 Å². The van der Waals surface area contributed by atoms with Gasteiger partial charge in [-0.2, -0.15) is 0 Å². The molecule has 27 heavy (non-hydrogen) atoms. The normalized spacial score (nSPS) is 30.1. The molecule has 140 valence electrons. The maximum atomic E-state index is 9.44. The number of aliphatic hydroxyl groups excluding tert-OH is 1. The van der Waals surface area contributed by atoms with Gasteiger partial charge in [-0.15, -0.1) is 0 Å². The van der Waals surface area contributed by atoms with E-state index in [4.69, 9.17) is 10.7 Å². The zero-order chi connectivity index (χ0) is 18.4. The molecule has 1 fully saturated rings. The Hall–Kier alpha value is -2.57. The number of nitrogens with two attached hydrogens (primary N) is 1. The van der Waals surface area contributed by atoms with Gasteiger partial charge in [0.25, 0.3) is 0 Å². The number of H-pyrrole nitrogens is 1. The average Bonchev–Trinajstić information content (AvgIpc) is 3.31. The van der Waals surface area contributed by atoms with Crippen LogP contribution in [0.4, 0.5) is 0 Å². The van der Waals surface area contributed by atoms with Gasteiger partial charge in [-0.25, -0.2) is 4.99 Å². The molecule has 0 radical (unpaired) electrons. The van der Waals surface area contributed by atoms with Crippen molar-refractivity contribution >= 4 is 16.7 Å². The number of nitrogens with zero attached hydrogens (tertiary/aromatic N) is 2. The molecular weight excluding hydrogens is 338 g/mol. The number of hydrogen-bond donors (Lipinski definition) is 4. The first-order valence-corrected chi connectivity index (χ1v) is 9.69. The summed E-state index contributed by atoms with van der Waals surface area (Å²) in [4.78, 5) is 10.5. The van der Waals surface area contributed by atoms with Gasteiger partial charge in [0.2, 0.25) is 0 Å². The van der Waals surface area contributed by atoms with Crippen LogP contribution in [-0.4, -0.2) is 27.4 Å². The lowest BCUT2D eigenvalue weighted by Gasteiger charge is -2.32. The van der Waals surface area contributed by atoms with Crippen LogP contribution in [0.5, 0.6) is 0 Å². The minimum atomic E-state index is -0.896. The summed E-state index contributed by atoms with van der Waals surface area (Å²) in [6.45, 7) is 0.287. The van der Waals surface area contributed by atoms with E-state index in [2.05, 4.69) is 39.5 Å². The second-order valence-electron chi connectivity index (χ2n) is 7.80. The van der Waals surface area contributed by atoms with Crippen molar-refractivity contribution in [2.45, 2.75) is 31.3 Å². The second kappa shape index (κ2) is 6.25. The van der Waals surface area contributed by atoms with E-state index in [1.165, 1.54) is 0 Å². The molecule has 0 unspecified atom stereocenters. The maximum Gasteiger partial charge on any atom is 0.178 e. The van der Waals surface area contributed by atoms with E-state index in [1.807, 2.05) is 24.8 Å². The number of aliphatic imine (C=N–C) groups is 1. The van der Waals surface area contributed by atoms with E-state index in [1.54, 1.807) is 0 Å². The first-order chi connectivity index (χ1) is 13.2. The Labute approximate surface area is 158 Å².